The molecule has 1 aliphatic heterocycles. The smallest absolute Gasteiger partial charge is 0.282 e. The lowest BCUT2D eigenvalue weighted by atomic mass is 10.1. The average molecular weight is 478 g/mol. The molecule has 0 radical (unpaired) electrons. The molecule has 0 aromatic heterocycles. The molecule has 2 aromatic carbocycles. The van der Waals surface area contributed by atoms with Gasteiger partial charge >= 0.3 is 0 Å². The number of phenols is 1. The second-order valence-corrected chi connectivity index (χ2v) is 7.35. The molecule has 6 nitrogen and oxygen atoms in total. The highest BCUT2D eigenvalue weighted by molar-refractivity contribution is 14.1. The van der Waals surface area contributed by atoms with E-state index >= 15 is 0 Å². The number of phenolic OH excluding ortho intramolecular Hbond substituents is 1. The topological polar surface area (TPSA) is 78.9 Å². The summed E-state index contributed by atoms with van der Waals surface area (Å²) >= 11 is 1.98. The first-order chi connectivity index (χ1) is 12.8. The van der Waals surface area contributed by atoms with Crippen LogP contribution in [0.15, 0.2) is 35.9 Å². The lowest BCUT2D eigenvalue weighted by molar-refractivity contribution is -0.117. The summed E-state index contributed by atoms with van der Waals surface area (Å²) in [5.41, 5.74) is 5.96. The molecule has 0 spiro atoms. The summed E-state index contributed by atoms with van der Waals surface area (Å²) in [5, 5.41) is 11.3. The van der Waals surface area contributed by atoms with Gasteiger partial charge in [0.2, 0.25) is 0 Å². The minimum Gasteiger partial charge on any atom is -0.504 e. The van der Waals surface area contributed by atoms with Crippen molar-refractivity contribution in [2.75, 3.05) is 11.6 Å². The standard InChI is InChI=1S/C20H19IN2O4/c1-4-27-17-10-13(9-16(21)18(17)24)8-15-19(25)22-23(20(15)26)14-6-5-11(2)12(3)7-14/h5-10,24H,4H2,1-3H3,(H,22,25)/b15-8-. The zero-order valence-electron chi connectivity index (χ0n) is 15.2. The fraction of sp³-hybridized carbons (Fsp3) is 0.200. The van der Waals surface area contributed by atoms with Gasteiger partial charge in [-0.2, -0.15) is 0 Å². The van der Waals surface area contributed by atoms with E-state index in [4.69, 9.17) is 4.74 Å². The Morgan fingerprint density at radius 2 is 1.93 bits per heavy atom. The molecule has 0 saturated carbocycles. The van der Waals surface area contributed by atoms with Crippen molar-refractivity contribution < 1.29 is 19.4 Å². The number of nitrogens with zero attached hydrogens (tertiary/aromatic N) is 1. The summed E-state index contributed by atoms with van der Waals surface area (Å²) in [5.74, 6) is -0.546. The number of benzene rings is 2. The molecule has 0 bridgehead atoms. The largest absolute Gasteiger partial charge is 0.504 e. The van der Waals surface area contributed by atoms with Crippen molar-refractivity contribution in [3.63, 3.8) is 0 Å². The Bertz CT molecular complexity index is 969. The molecule has 3 rings (SSSR count). The van der Waals surface area contributed by atoms with E-state index in [1.807, 2.05) is 55.5 Å². The van der Waals surface area contributed by atoms with Gasteiger partial charge in [-0.3, -0.25) is 15.0 Å². The van der Waals surface area contributed by atoms with E-state index < -0.39 is 11.8 Å². The number of rotatable bonds is 4. The Morgan fingerprint density at radius 3 is 2.59 bits per heavy atom. The summed E-state index contributed by atoms with van der Waals surface area (Å²) in [4.78, 5) is 25.1. The number of nitrogens with one attached hydrogen (secondary N) is 1. The molecule has 1 aliphatic rings. The van der Waals surface area contributed by atoms with Gasteiger partial charge in [-0.1, -0.05) is 6.07 Å². The van der Waals surface area contributed by atoms with E-state index in [-0.39, 0.29) is 11.3 Å². The maximum absolute atomic E-state index is 12.8. The van der Waals surface area contributed by atoms with E-state index in [1.165, 1.54) is 11.1 Å². The monoisotopic (exact) mass is 478 g/mol. The number of hydrogen-bond acceptors (Lipinski definition) is 4. The molecular weight excluding hydrogens is 459 g/mol. The van der Waals surface area contributed by atoms with E-state index in [0.29, 0.717) is 27.2 Å². The fourth-order valence-corrected chi connectivity index (χ4v) is 3.34. The first kappa shape index (κ1) is 19.2. The maximum atomic E-state index is 12.8. The number of carbonyl (C=O) groups excluding carboxylic acids is 2. The van der Waals surface area contributed by atoms with E-state index in [2.05, 4.69) is 5.43 Å². The maximum Gasteiger partial charge on any atom is 0.282 e. The molecular formula is C20H19IN2O4. The molecule has 0 atom stereocenters. The number of aryl methyl sites for hydroxylation is 2. The van der Waals surface area contributed by atoms with Crippen molar-refractivity contribution in [1.82, 2.24) is 5.43 Å². The quantitative estimate of drug-likeness (QED) is 0.401. The summed E-state index contributed by atoms with van der Waals surface area (Å²) in [6.07, 6.45) is 1.50. The Morgan fingerprint density at radius 1 is 1.19 bits per heavy atom. The molecule has 2 N–H and O–H groups in total. The van der Waals surface area contributed by atoms with Crippen LogP contribution in [-0.4, -0.2) is 23.5 Å². The van der Waals surface area contributed by atoms with Gasteiger partial charge in [-0.05, 0) is 90.4 Å². The first-order valence-corrected chi connectivity index (χ1v) is 9.49. The van der Waals surface area contributed by atoms with Crippen molar-refractivity contribution in [2.24, 2.45) is 0 Å². The summed E-state index contributed by atoms with van der Waals surface area (Å²) in [6.45, 7) is 6.14. The second-order valence-electron chi connectivity index (χ2n) is 6.19. The Labute approximate surface area is 170 Å². The minimum atomic E-state index is -0.473. The third-order valence-electron chi connectivity index (χ3n) is 4.30. The zero-order chi connectivity index (χ0) is 19.7. The summed E-state index contributed by atoms with van der Waals surface area (Å²) in [7, 11) is 0. The SMILES string of the molecule is CCOc1cc(/C=C2/C(=O)NN(c3ccc(C)c(C)c3)C2=O)cc(I)c1O. The Kier molecular flexibility index (Phi) is 5.41. The minimum absolute atomic E-state index is 0.0252. The van der Waals surface area contributed by atoms with Gasteiger partial charge in [0.05, 0.1) is 15.9 Å². The highest BCUT2D eigenvalue weighted by atomic mass is 127. The first-order valence-electron chi connectivity index (χ1n) is 8.41. The number of hydrazine groups is 1. The molecule has 2 amide bonds. The molecule has 27 heavy (non-hydrogen) atoms. The highest BCUT2D eigenvalue weighted by Crippen LogP contribution is 2.34. The van der Waals surface area contributed by atoms with Crippen LogP contribution in [-0.2, 0) is 9.59 Å². The van der Waals surface area contributed by atoms with Crippen molar-refractivity contribution in [1.29, 1.82) is 0 Å². The van der Waals surface area contributed by atoms with Gasteiger partial charge in [-0.25, -0.2) is 5.01 Å². The normalized spacial score (nSPS) is 15.4. The number of anilines is 1. The van der Waals surface area contributed by atoms with Crippen LogP contribution in [0.5, 0.6) is 11.5 Å². The number of halogens is 1. The number of carbonyl (C=O) groups is 2. The van der Waals surface area contributed by atoms with Crippen molar-refractivity contribution >= 4 is 46.2 Å². The van der Waals surface area contributed by atoms with Crippen molar-refractivity contribution in [3.05, 3.63) is 56.2 Å². The van der Waals surface area contributed by atoms with E-state index in [1.54, 1.807) is 18.2 Å². The van der Waals surface area contributed by atoms with Gasteiger partial charge < -0.3 is 9.84 Å². The second kappa shape index (κ2) is 7.59. The molecule has 1 fully saturated rings. The number of amides is 2. The Hall–Kier alpha value is -2.55. The molecule has 0 aliphatic carbocycles. The molecule has 7 heteroatoms. The van der Waals surface area contributed by atoms with Gasteiger partial charge in [0.25, 0.3) is 11.8 Å². The number of ether oxygens (including phenoxy) is 1. The molecule has 140 valence electrons. The van der Waals surface area contributed by atoms with Gasteiger partial charge in [-0.15, -0.1) is 0 Å². The molecule has 0 unspecified atom stereocenters. The van der Waals surface area contributed by atoms with Crippen LogP contribution in [0, 0.1) is 17.4 Å². The molecule has 1 heterocycles. The number of hydrogen-bond donors (Lipinski definition) is 2. The highest BCUT2D eigenvalue weighted by Gasteiger charge is 2.34. The van der Waals surface area contributed by atoms with Crippen LogP contribution >= 0.6 is 22.6 Å². The fourth-order valence-electron chi connectivity index (χ4n) is 2.71. The van der Waals surface area contributed by atoms with Gasteiger partial charge in [0.1, 0.15) is 5.57 Å². The third kappa shape index (κ3) is 3.78. The molecule has 1 saturated heterocycles. The van der Waals surface area contributed by atoms with Crippen LogP contribution in [0.1, 0.15) is 23.6 Å². The van der Waals surface area contributed by atoms with Crippen LogP contribution < -0.4 is 15.2 Å². The lowest BCUT2D eigenvalue weighted by Crippen LogP contribution is -2.35. The average Bonchev–Trinajstić information content (AvgIpc) is 2.90. The van der Waals surface area contributed by atoms with Crippen LogP contribution in [0.3, 0.4) is 0 Å². The van der Waals surface area contributed by atoms with Gasteiger partial charge in [0.15, 0.2) is 11.5 Å². The van der Waals surface area contributed by atoms with Crippen molar-refractivity contribution in [2.45, 2.75) is 20.8 Å². The van der Waals surface area contributed by atoms with Crippen LogP contribution in [0.2, 0.25) is 0 Å². The molecule has 2 aromatic rings. The zero-order valence-corrected chi connectivity index (χ0v) is 17.3. The van der Waals surface area contributed by atoms with Gasteiger partial charge in [0, 0.05) is 0 Å². The lowest BCUT2D eigenvalue weighted by Gasteiger charge is -2.16. The predicted octanol–water partition coefficient (Wildman–Crippen LogP) is 3.47. The van der Waals surface area contributed by atoms with Crippen molar-refractivity contribution in [3.8, 4) is 11.5 Å². The van der Waals surface area contributed by atoms with E-state index in [9.17, 15) is 14.7 Å². The predicted molar refractivity (Wildman–Crippen MR) is 112 cm³/mol. The van der Waals surface area contributed by atoms with Crippen LogP contribution in [0.4, 0.5) is 5.69 Å². The van der Waals surface area contributed by atoms with E-state index in [0.717, 1.165) is 11.1 Å². The van der Waals surface area contributed by atoms with Crippen LogP contribution in [0.25, 0.3) is 6.08 Å². The Balaban J connectivity index is 1.96. The summed E-state index contributed by atoms with van der Waals surface area (Å²) < 4.78 is 5.98. The number of aromatic hydroxyl groups is 1. The summed E-state index contributed by atoms with van der Waals surface area (Å²) in [6, 6.07) is 8.84. The third-order valence-corrected chi connectivity index (χ3v) is 5.12.